The number of hydrogen-bond donors (Lipinski definition) is 0. The highest BCUT2D eigenvalue weighted by molar-refractivity contribution is 14.1. The van der Waals surface area contributed by atoms with Crippen LogP contribution in [0.2, 0.25) is 0 Å². The van der Waals surface area contributed by atoms with Gasteiger partial charge in [0.25, 0.3) is 11.2 Å². The summed E-state index contributed by atoms with van der Waals surface area (Å²) in [5.74, 6) is 1.03. The Balaban J connectivity index is 1.49. The van der Waals surface area contributed by atoms with E-state index in [4.69, 9.17) is 9.47 Å². The van der Waals surface area contributed by atoms with Crippen molar-refractivity contribution >= 4 is 61.7 Å². The largest absolute Gasteiger partial charge is 0.493 e. The van der Waals surface area contributed by atoms with Gasteiger partial charge in [0.1, 0.15) is 6.61 Å². The molecule has 0 amide bonds. The molecule has 0 atom stereocenters. The van der Waals surface area contributed by atoms with E-state index >= 15 is 0 Å². The number of ether oxygens (including phenoxy) is 2. The number of non-ortho nitro benzene ring substituents is 1. The number of para-hydroxylation sites is 2. The van der Waals surface area contributed by atoms with E-state index in [-0.39, 0.29) is 17.9 Å². The van der Waals surface area contributed by atoms with Crippen LogP contribution in [0.3, 0.4) is 0 Å². The Labute approximate surface area is 210 Å². The lowest BCUT2D eigenvalue weighted by Gasteiger charge is -2.13. The quantitative estimate of drug-likeness (QED) is 0.165. The fourth-order valence-electron chi connectivity index (χ4n) is 3.64. The molecule has 0 aliphatic rings. The van der Waals surface area contributed by atoms with Crippen molar-refractivity contribution in [3.8, 4) is 11.5 Å². The molecule has 0 spiro atoms. The lowest BCUT2D eigenvalue weighted by molar-refractivity contribution is -0.384. The molecule has 0 N–H and O–H groups in total. The highest BCUT2D eigenvalue weighted by atomic mass is 127. The molecule has 5 rings (SSSR count). The maximum Gasteiger partial charge on any atom is 0.274 e. The topological polar surface area (TPSA) is 96.0 Å². The predicted molar refractivity (Wildman–Crippen MR) is 139 cm³/mol. The molecule has 5 aromatic rings. The summed E-state index contributed by atoms with van der Waals surface area (Å²) in [4.78, 5) is 28.8. The van der Waals surface area contributed by atoms with Gasteiger partial charge in [-0.1, -0.05) is 35.6 Å². The summed E-state index contributed by atoms with van der Waals surface area (Å²) in [6.45, 7) is 0.150. The van der Waals surface area contributed by atoms with Crippen molar-refractivity contribution in [2.24, 2.45) is 0 Å². The highest BCUT2D eigenvalue weighted by Crippen LogP contribution is 2.35. The lowest BCUT2D eigenvalue weighted by atomic mass is 10.2. The summed E-state index contributed by atoms with van der Waals surface area (Å²) in [7, 11) is 1.54. The third-order valence-corrected chi connectivity index (χ3v) is 6.97. The molecule has 2 aromatic heterocycles. The van der Waals surface area contributed by atoms with Crippen LogP contribution in [0.4, 0.5) is 5.69 Å². The van der Waals surface area contributed by atoms with Crippen molar-refractivity contribution < 1.29 is 14.4 Å². The minimum absolute atomic E-state index is 0.0104. The summed E-state index contributed by atoms with van der Waals surface area (Å²) in [5.41, 5.74) is 2.93. The average molecular weight is 585 g/mol. The number of nitrogens with zero attached hydrogens (tertiary/aromatic N) is 3. The van der Waals surface area contributed by atoms with E-state index in [0.717, 1.165) is 20.2 Å². The number of fused-ring (bicyclic) bond motifs is 3. The SMILES string of the molecule is COc1cc(/C=c2\sc3nc4ccccc4n3c2=O)cc(I)c1OCc1cccc([N+](=O)[O-])c1. The molecule has 0 radical (unpaired) electrons. The molecule has 34 heavy (non-hydrogen) atoms. The van der Waals surface area contributed by atoms with Gasteiger partial charge in [0.15, 0.2) is 16.5 Å². The van der Waals surface area contributed by atoms with Crippen LogP contribution in [0.25, 0.3) is 22.1 Å². The third kappa shape index (κ3) is 4.10. The van der Waals surface area contributed by atoms with E-state index in [2.05, 4.69) is 27.6 Å². The van der Waals surface area contributed by atoms with Crippen LogP contribution in [0.15, 0.2) is 65.5 Å². The Kier molecular flexibility index (Phi) is 5.92. The number of nitro groups is 1. The predicted octanol–water partition coefficient (Wildman–Crippen LogP) is 4.56. The second-order valence-corrected chi connectivity index (χ2v) is 9.56. The summed E-state index contributed by atoms with van der Waals surface area (Å²) in [5, 5.41) is 11.0. The number of benzene rings is 3. The van der Waals surface area contributed by atoms with Crippen molar-refractivity contribution in [1.29, 1.82) is 0 Å². The van der Waals surface area contributed by atoms with Crippen molar-refractivity contribution in [3.63, 3.8) is 0 Å². The number of nitro benzene ring substituents is 1. The Morgan fingerprint density at radius 1 is 1.18 bits per heavy atom. The molecular formula is C24H16IN3O5S. The number of imidazole rings is 1. The number of rotatable bonds is 6. The van der Waals surface area contributed by atoms with Crippen LogP contribution in [-0.4, -0.2) is 21.4 Å². The standard InChI is InChI=1S/C24H16IN3O5S/c1-32-20-11-15(10-17(25)22(20)33-13-14-5-4-6-16(9-14)28(30)31)12-21-23(29)27-19-8-3-2-7-18(19)26-24(27)34-21/h2-12H,13H2,1H3/b21-12-. The number of methoxy groups -OCH3 is 1. The molecule has 0 aliphatic carbocycles. The third-order valence-electron chi connectivity index (χ3n) is 5.20. The zero-order valence-electron chi connectivity index (χ0n) is 17.7. The number of aromatic nitrogens is 2. The molecule has 0 unspecified atom stereocenters. The Morgan fingerprint density at radius 2 is 2.00 bits per heavy atom. The first-order chi connectivity index (χ1) is 16.4. The van der Waals surface area contributed by atoms with Gasteiger partial charge in [-0.15, -0.1) is 0 Å². The Morgan fingerprint density at radius 3 is 2.79 bits per heavy atom. The van der Waals surface area contributed by atoms with E-state index < -0.39 is 4.92 Å². The van der Waals surface area contributed by atoms with Crippen molar-refractivity contribution in [2.75, 3.05) is 7.11 Å². The monoisotopic (exact) mass is 585 g/mol. The van der Waals surface area contributed by atoms with Gasteiger partial charge < -0.3 is 9.47 Å². The molecule has 0 saturated carbocycles. The van der Waals surface area contributed by atoms with Crippen molar-refractivity contribution in [1.82, 2.24) is 9.38 Å². The number of thiazole rings is 1. The van der Waals surface area contributed by atoms with Crippen LogP contribution in [0.5, 0.6) is 11.5 Å². The Hall–Kier alpha value is -3.51. The molecule has 0 saturated heterocycles. The van der Waals surface area contributed by atoms with E-state index in [1.165, 1.54) is 23.5 Å². The van der Waals surface area contributed by atoms with Crippen molar-refractivity contribution in [2.45, 2.75) is 6.61 Å². The maximum atomic E-state index is 13.0. The van der Waals surface area contributed by atoms with Crippen LogP contribution in [-0.2, 0) is 6.61 Å². The minimum atomic E-state index is -0.437. The second kappa shape index (κ2) is 9.03. The summed E-state index contributed by atoms with van der Waals surface area (Å²) < 4.78 is 14.5. The molecule has 8 nitrogen and oxygen atoms in total. The second-order valence-electron chi connectivity index (χ2n) is 7.38. The molecule has 170 valence electrons. The molecule has 0 bridgehead atoms. The van der Waals surface area contributed by atoms with Gasteiger partial charge in [-0.2, -0.15) is 0 Å². The van der Waals surface area contributed by atoms with Crippen LogP contribution in [0, 0.1) is 13.7 Å². The van der Waals surface area contributed by atoms with Gasteiger partial charge in [-0.05, 0) is 64.1 Å². The van der Waals surface area contributed by atoms with Gasteiger partial charge in [-0.25, -0.2) is 9.38 Å². The first-order valence-corrected chi connectivity index (χ1v) is 12.0. The minimum Gasteiger partial charge on any atom is -0.493 e. The van der Waals surface area contributed by atoms with Gasteiger partial charge in [0, 0.05) is 12.1 Å². The first kappa shape index (κ1) is 22.3. The first-order valence-electron chi connectivity index (χ1n) is 10.1. The van der Waals surface area contributed by atoms with E-state index in [1.54, 1.807) is 29.7 Å². The highest BCUT2D eigenvalue weighted by Gasteiger charge is 2.14. The van der Waals surface area contributed by atoms with Gasteiger partial charge in [-0.3, -0.25) is 14.9 Å². The molecular weight excluding hydrogens is 569 g/mol. The molecule has 10 heteroatoms. The normalized spacial score (nSPS) is 11.9. The number of halogens is 1. The molecule has 0 aliphatic heterocycles. The molecule has 2 heterocycles. The van der Waals surface area contributed by atoms with Gasteiger partial charge >= 0.3 is 0 Å². The summed E-state index contributed by atoms with van der Waals surface area (Å²) >= 11 is 3.48. The smallest absolute Gasteiger partial charge is 0.274 e. The fraction of sp³-hybridized carbons (Fsp3) is 0.0833. The van der Waals surface area contributed by atoms with E-state index in [0.29, 0.717) is 26.6 Å². The lowest BCUT2D eigenvalue weighted by Crippen LogP contribution is -2.22. The van der Waals surface area contributed by atoms with Crippen LogP contribution < -0.4 is 19.6 Å². The summed E-state index contributed by atoms with van der Waals surface area (Å²) in [6, 6.07) is 17.5. The Bertz CT molecular complexity index is 1680. The number of hydrogen-bond acceptors (Lipinski definition) is 7. The average Bonchev–Trinajstić information content (AvgIpc) is 3.34. The molecule has 0 fully saturated rings. The molecule has 3 aromatic carbocycles. The summed E-state index contributed by atoms with van der Waals surface area (Å²) in [6.07, 6.45) is 1.81. The van der Waals surface area contributed by atoms with Gasteiger partial charge in [0.05, 0.1) is 31.2 Å². The van der Waals surface area contributed by atoms with Crippen LogP contribution >= 0.6 is 33.9 Å². The van der Waals surface area contributed by atoms with Gasteiger partial charge in [0.2, 0.25) is 0 Å². The van der Waals surface area contributed by atoms with Crippen LogP contribution in [0.1, 0.15) is 11.1 Å². The van der Waals surface area contributed by atoms with E-state index in [1.807, 2.05) is 36.4 Å². The van der Waals surface area contributed by atoms with E-state index in [9.17, 15) is 14.9 Å². The zero-order valence-corrected chi connectivity index (χ0v) is 20.7. The fourth-order valence-corrected chi connectivity index (χ4v) is 5.41. The zero-order chi connectivity index (χ0) is 23.8. The maximum absolute atomic E-state index is 13.0. The van der Waals surface area contributed by atoms with Crippen molar-refractivity contribution in [3.05, 3.63) is 100 Å².